The van der Waals surface area contributed by atoms with Crippen LogP contribution in [0.3, 0.4) is 0 Å². The quantitative estimate of drug-likeness (QED) is 0.798. The van der Waals surface area contributed by atoms with Gasteiger partial charge in [0.2, 0.25) is 0 Å². The van der Waals surface area contributed by atoms with Gasteiger partial charge < -0.3 is 5.32 Å². The lowest BCUT2D eigenvalue weighted by Gasteiger charge is -2.16. The van der Waals surface area contributed by atoms with E-state index >= 15 is 0 Å². The molecule has 0 aliphatic heterocycles. The Bertz CT molecular complexity index is 725. The fourth-order valence-corrected chi connectivity index (χ4v) is 2.43. The summed E-state index contributed by atoms with van der Waals surface area (Å²) in [5, 5.41) is 5.06. The molecule has 3 nitrogen and oxygen atoms in total. The Labute approximate surface area is 122 Å². The van der Waals surface area contributed by atoms with Crippen molar-refractivity contribution in [3.63, 3.8) is 0 Å². The van der Waals surface area contributed by atoms with Crippen LogP contribution in [0.2, 0.25) is 5.02 Å². The first-order valence-corrected chi connectivity index (χ1v) is 6.79. The zero-order chi connectivity index (χ0) is 13.9. The van der Waals surface area contributed by atoms with Gasteiger partial charge in [0.05, 0.1) is 22.3 Å². The van der Waals surface area contributed by atoms with Crippen LogP contribution in [-0.4, -0.2) is 17.0 Å². The van der Waals surface area contributed by atoms with Crippen LogP contribution >= 0.6 is 11.6 Å². The molecule has 2 heterocycles. The number of pyridine rings is 2. The average Bonchev–Trinajstić information content (AvgIpc) is 2.50. The minimum atomic E-state index is 0.0388. The maximum atomic E-state index is 5.89. The molecule has 0 radical (unpaired) electrons. The fourth-order valence-electron chi connectivity index (χ4n) is 2.32. The maximum absolute atomic E-state index is 5.89. The van der Waals surface area contributed by atoms with Crippen molar-refractivity contribution in [1.29, 1.82) is 0 Å². The molecule has 20 heavy (non-hydrogen) atoms. The van der Waals surface area contributed by atoms with E-state index in [0.29, 0.717) is 5.02 Å². The van der Waals surface area contributed by atoms with E-state index in [4.69, 9.17) is 11.6 Å². The van der Waals surface area contributed by atoms with Crippen LogP contribution < -0.4 is 5.32 Å². The fraction of sp³-hybridized carbons (Fsp3) is 0.125. The molecular weight excluding hydrogens is 270 g/mol. The Morgan fingerprint density at radius 3 is 2.75 bits per heavy atom. The standard InChI is InChI=1S/C16H14ClN3/c1-18-16(15-7-5-13(17)10-20-15)12-4-6-14-11(9-12)3-2-8-19-14/h2-10,16,18H,1H3. The van der Waals surface area contributed by atoms with E-state index in [2.05, 4.69) is 33.5 Å². The molecule has 0 saturated heterocycles. The van der Waals surface area contributed by atoms with Gasteiger partial charge in [0.15, 0.2) is 0 Å². The first kappa shape index (κ1) is 13.0. The monoisotopic (exact) mass is 283 g/mol. The Balaban J connectivity index is 2.04. The van der Waals surface area contributed by atoms with E-state index in [9.17, 15) is 0 Å². The third kappa shape index (κ3) is 2.50. The van der Waals surface area contributed by atoms with Crippen molar-refractivity contribution in [2.45, 2.75) is 6.04 Å². The van der Waals surface area contributed by atoms with E-state index in [1.165, 1.54) is 0 Å². The van der Waals surface area contributed by atoms with Gasteiger partial charge in [0, 0.05) is 17.8 Å². The molecule has 0 aliphatic carbocycles. The summed E-state index contributed by atoms with van der Waals surface area (Å²) >= 11 is 5.89. The first-order valence-electron chi connectivity index (χ1n) is 6.41. The first-order chi connectivity index (χ1) is 9.78. The highest BCUT2D eigenvalue weighted by atomic mass is 35.5. The third-order valence-electron chi connectivity index (χ3n) is 3.30. The molecule has 3 aromatic rings. The summed E-state index contributed by atoms with van der Waals surface area (Å²) in [6, 6.07) is 14.1. The van der Waals surface area contributed by atoms with Crippen LogP contribution in [0.4, 0.5) is 0 Å². The van der Waals surface area contributed by atoms with Crippen LogP contribution in [0.25, 0.3) is 10.9 Å². The van der Waals surface area contributed by atoms with Crippen molar-refractivity contribution < 1.29 is 0 Å². The highest BCUT2D eigenvalue weighted by Crippen LogP contribution is 2.24. The summed E-state index contributed by atoms with van der Waals surface area (Å²) in [6.07, 6.45) is 3.47. The summed E-state index contributed by atoms with van der Waals surface area (Å²) < 4.78 is 0. The van der Waals surface area contributed by atoms with Crippen LogP contribution in [0.5, 0.6) is 0 Å². The topological polar surface area (TPSA) is 37.8 Å². The Morgan fingerprint density at radius 1 is 1.10 bits per heavy atom. The highest BCUT2D eigenvalue weighted by molar-refractivity contribution is 6.30. The van der Waals surface area contributed by atoms with Crippen LogP contribution in [0, 0.1) is 0 Å². The molecule has 0 amide bonds. The highest BCUT2D eigenvalue weighted by Gasteiger charge is 2.13. The largest absolute Gasteiger partial charge is 0.308 e. The van der Waals surface area contributed by atoms with Gasteiger partial charge in [-0.1, -0.05) is 23.7 Å². The normalized spacial score (nSPS) is 12.5. The molecule has 3 rings (SSSR count). The molecule has 1 N–H and O–H groups in total. The molecule has 1 unspecified atom stereocenters. The predicted octanol–water partition coefficient (Wildman–Crippen LogP) is 3.59. The molecule has 1 atom stereocenters. The van der Waals surface area contributed by atoms with Crippen LogP contribution in [0.15, 0.2) is 54.9 Å². The van der Waals surface area contributed by atoms with Gasteiger partial charge in [0.1, 0.15) is 0 Å². The van der Waals surface area contributed by atoms with Gasteiger partial charge in [-0.2, -0.15) is 0 Å². The molecule has 2 aromatic heterocycles. The number of rotatable bonds is 3. The third-order valence-corrected chi connectivity index (χ3v) is 3.52. The molecular formula is C16H14ClN3. The minimum absolute atomic E-state index is 0.0388. The molecule has 0 fully saturated rings. The summed E-state index contributed by atoms with van der Waals surface area (Å²) in [4.78, 5) is 8.73. The molecule has 100 valence electrons. The van der Waals surface area contributed by atoms with Gasteiger partial charge in [-0.25, -0.2) is 0 Å². The van der Waals surface area contributed by atoms with Crippen molar-refractivity contribution in [2.75, 3.05) is 7.05 Å². The number of hydrogen-bond donors (Lipinski definition) is 1. The molecule has 1 aromatic carbocycles. The average molecular weight is 284 g/mol. The molecule has 0 spiro atoms. The molecule has 0 aliphatic rings. The van der Waals surface area contributed by atoms with E-state index in [0.717, 1.165) is 22.2 Å². The summed E-state index contributed by atoms with van der Waals surface area (Å²) in [7, 11) is 1.92. The van der Waals surface area contributed by atoms with Crippen LogP contribution in [0.1, 0.15) is 17.3 Å². The number of benzene rings is 1. The number of hydrogen-bond acceptors (Lipinski definition) is 3. The second-order valence-corrected chi connectivity index (χ2v) is 5.01. The van der Waals surface area contributed by atoms with Crippen molar-refractivity contribution in [3.05, 3.63) is 71.1 Å². The Kier molecular flexibility index (Phi) is 3.63. The van der Waals surface area contributed by atoms with Gasteiger partial charge in [-0.05, 0) is 42.9 Å². The van der Waals surface area contributed by atoms with Gasteiger partial charge >= 0.3 is 0 Å². The number of aromatic nitrogens is 2. The summed E-state index contributed by atoms with van der Waals surface area (Å²) in [6.45, 7) is 0. The second kappa shape index (κ2) is 5.57. The predicted molar refractivity (Wildman–Crippen MR) is 81.9 cm³/mol. The maximum Gasteiger partial charge on any atom is 0.0749 e. The minimum Gasteiger partial charge on any atom is -0.308 e. The molecule has 4 heteroatoms. The van der Waals surface area contributed by atoms with E-state index in [1.807, 2.05) is 31.3 Å². The zero-order valence-corrected chi connectivity index (χ0v) is 11.8. The SMILES string of the molecule is CNC(c1ccc2ncccc2c1)c1ccc(Cl)cn1. The van der Waals surface area contributed by atoms with Crippen molar-refractivity contribution in [3.8, 4) is 0 Å². The smallest absolute Gasteiger partial charge is 0.0749 e. The molecule has 0 bridgehead atoms. The molecule has 0 saturated carbocycles. The lowest BCUT2D eigenvalue weighted by atomic mass is 10.0. The Morgan fingerprint density at radius 2 is 2.00 bits per heavy atom. The van der Waals surface area contributed by atoms with Crippen LogP contribution in [-0.2, 0) is 0 Å². The zero-order valence-electron chi connectivity index (χ0n) is 11.0. The second-order valence-electron chi connectivity index (χ2n) is 4.58. The van der Waals surface area contributed by atoms with E-state index in [-0.39, 0.29) is 6.04 Å². The summed E-state index contributed by atoms with van der Waals surface area (Å²) in [5.74, 6) is 0. The number of halogens is 1. The summed E-state index contributed by atoms with van der Waals surface area (Å²) in [5.41, 5.74) is 3.10. The number of fused-ring (bicyclic) bond motifs is 1. The van der Waals surface area contributed by atoms with E-state index in [1.54, 1.807) is 12.4 Å². The van der Waals surface area contributed by atoms with Gasteiger partial charge in [-0.3, -0.25) is 9.97 Å². The van der Waals surface area contributed by atoms with Crippen molar-refractivity contribution in [2.24, 2.45) is 0 Å². The van der Waals surface area contributed by atoms with E-state index < -0.39 is 0 Å². The van der Waals surface area contributed by atoms with Crippen molar-refractivity contribution in [1.82, 2.24) is 15.3 Å². The number of nitrogens with zero attached hydrogens (tertiary/aromatic N) is 2. The van der Waals surface area contributed by atoms with Gasteiger partial charge in [-0.15, -0.1) is 0 Å². The lowest BCUT2D eigenvalue weighted by Crippen LogP contribution is -2.18. The Hall–Kier alpha value is -1.97. The van der Waals surface area contributed by atoms with Crippen molar-refractivity contribution >= 4 is 22.5 Å². The van der Waals surface area contributed by atoms with Gasteiger partial charge in [0.25, 0.3) is 0 Å². The lowest BCUT2D eigenvalue weighted by molar-refractivity contribution is 0.672. The number of nitrogens with one attached hydrogen (secondary N) is 1.